The Morgan fingerprint density at radius 3 is 2.47 bits per heavy atom. The van der Waals surface area contributed by atoms with E-state index in [9.17, 15) is 5.11 Å². The fraction of sp³-hybridized carbons (Fsp3) is 0.538. The fourth-order valence-corrected chi connectivity index (χ4v) is 2.80. The molecule has 2 heteroatoms. The van der Waals surface area contributed by atoms with Crippen molar-refractivity contribution in [2.24, 2.45) is 11.8 Å². The predicted octanol–water partition coefficient (Wildman–Crippen LogP) is 3.24. The Bertz CT molecular complexity index is 320. The minimum Gasteiger partial charge on any atom is -0.393 e. The van der Waals surface area contributed by atoms with Crippen LogP contribution in [-0.4, -0.2) is 11.2 Å². The normalized spacial score (nSPS) is 30.7. The highest BCUT2D eigenvalue weighted by Gasteiger charge is 2.30. The largest absolute Gasteiger partial charge is 0.393 e. The van der Waals surface area contributed by atoms with Gasteiger partial charge in [-0.15, -0.1) is 0 Å². The smallest absolute Gasteiger partial charge is 0.0568 e. The minimum absolute atomic E-state index is 0.0705. The molecular weight excluding hydrogens is 299 g/mol. The zero-order chi connectivity index (χ0) is 10.8. The van der Waals surface area contributed by atoms with Crippen molar-refractivity contribution in [1.82, 2.24) is 0 Å². The van der Waals surface area contributed by atoms with Crippen molar-refractivity contribution >= 4 is 22.6 Å². The van der Waals surface area contributed by atoms with Crippen molar-refractivity contribution in [3.8, 4) is 0 Å². The Morgan fingerprint density at radius 1 is 1.27 bits per heavy atom. The van der Waals surface area contributed by atoms with Gasteiger partial charge in [-0.2, -0.15) is 0 Å². The van der Waals surface area contributed by atoms with E-state index >= 15 is 0 Å². The van der Waals surface area contributed by atoms with Crippen LogP contribution >= 0.6 is 22.6 Å². The molecular formula is C13H17IO. The molecule has 15 heavy (non-hydrogen) atoms. The van der Waals surface area contributed by atoms with Crippen molar-refractivity contribution in [3.63, 3.8) is 0 Å². The number of aliphatic hydroxyl groups excluding tert-OH is 1. The molecule has 1 nitrogen and oxygen atoms in total. The second-order valence-corrected chi connectivity index (χ2v) is 5.84. The lowest BCUT2D eigenvalue weighted by Gasteiger charge is -2.17. The molecule has 1 saturated carbocycles. The highest BCUT2D eigenvalue weighted by molar-refractivity contribution is 14.1. The van der Waals surface area contributed by atoms with Crippen molar-refractivity contribution in [1.29, 1.82) is 0 Å². The van der Waals surface area contributed by atoms with Crippen LogP contribution in [0.5, 0.6) is 0 Å². The maximum absolute atomic E-state index is 9.69. The van der Waals surface area contributed by atoms with Crippen LogP contribution in [0.4, 0.5) is 0 Å². The van der Waals surface area contributed by atoms with Crippen molar-refractivity contribution in [2.75, 3.05) is 0 Å². The summed E-state index contributed by atoms with van der Waals surface area (Å²) in [4.78, 5) is 0. The molecule has 0 heterocycles. The third-order valence-corrected chi connectivity index (χ3v) is 4.31. The summed E-state index contributed by atoms with van der Waals surface area (Å²) in [5.41, 5.74) is 1.40. The lowest BCUT2D eigenvalue weighted by Crippen LogP contribution is -2.16. The van der Waals surface area contributed by atoms with Gasteiger partial charge in [-0.1, -0.05) is 19.1 Å². The topological polar surface area (TPSA) is 20.2 Å². The van der Waals surface area contributed by atoms with Crippen LogP contribution in [-0.2, 0) is 6.42 Å². The Hall–Kier alpha value is -0.0900. The third kappa shape index (κ3) is 2.72. The Morgan fingerprint density at radius 2 is 1.93 bits per heavy atom. The molecule has 1 aromatic rings. The van der Waals surface area contributed by atoms with Crippen LogP contribution in [0.3, 0.4) is 0 Å². The molecule has 0 saturated heterocycles. The molecule has 1 fully saturated rings. The van der Waals surface area contributed by atoms with Gasteiger partial charge in [-0.25, -0.2) is 0 Å². The van der Waals surface area contributed by atoms with E-state index in [0.29, 0.717) is 11.8 Å². The Balaban J connectivity index is 2.00. The van der Waals surface area contributed by atoms with Gasteiger partial charge >= 0.3 is 0 Å². The van der Waals surface area contributed by atoms with E-state index in [1.54, 1.807) is 0 Å². The van der Waals surface area contributed by atoms with Crippen LogP contribution in [0.25, 0.3) is 0 Å². The van der Waals surface area contributed by atoms with Crippen molar-refractivity contribution < 1.29 is 5.11 Å². The van der Waals surface area contributed by atoms with Gasteiger partial charge in [0.1, 0.15) is 0 Å². The van der Waals surface area contributed by atoms with E-state index < -0.39 is 0 Å². The van der Waals surface area contributed by atoms with Crippen LogP contribution < -0.4 is 0 Å². The molecule has 3 unspecified atom stereocenters. The second-order valence-electron chi connectivity index (χ2n) is 4.59. The molecule has 0 radical (unpaired) electrons. The van der Waals surface area contributed by atoms with Crippen LogP contribution in [0.15, 0.2) is 24.3 Å². The number of rotatable bonds is 2. The molecule has 82 valence electrons. The number of hydrogen-bond acceptors (Lipinski definition) is 1. The summed E-state index contributed by atoms with van der Waals surface area (Å²) < 4.78 is 1.29. The van der Waals surface area contributed by atoms with Gasteiger partial charge in [0.2, 0.25) is 0 Å². The first kappa shape index (κ1) is 11.4. The van der Waals surface area contributed by atoms with Gasteiger partial charge in [0.15, 0.2) is 0 Å². The molecule has 3 atom stereocenters. The number of benzene rings is 1. The number of hydrogen-bond donors (Lipinski definition) is 1. The fourth-order valence-electron chi connectivity index (χ4n) is 2.44. The van der Waals surface area contributed by atoms with Crippen molar-refractivity contribution in [3.05, 3.63) is 33.4 Å². The van der Waals surface area contributed by atoms with E-state index in [4.69, 9.17) is 0 Å². The van der Waals surface area contributed by atoms with Gasteiger partial charge in [0.25, 0.3) is 0 Å². The van der Waals surface area contributed by atoms with E-state index in [2.05, 4.69) is 53.8 Å². The Kier molecular flexibility index (Phi) is 3.67. The average Bonchev–Trinajstić information content (AvgIpc) is 2.53. The zero-order valence-corrected chi connectivity index (χ0v) is 11.1. The summed E-state index contributed by atoms with van der Waals surface area (Å²) in [6.07, 6.45) is 3.21. The van der Waals surface area contributed by atoms with Gasteiger partial charge in [-0.05, 0) is 71.4 Å². The standard InChI is InChI=1S/C13H17IO/c1-9-11(4-7-13(9)15)8-10-2-5-12(14)6-3-10/h2-3,5-6,9,11,13,15H,4,7-8H2,1H3. The molecule has 1 aliphatic carbocycles. The summed E-state index contributed by atoms with van der Waals surface area (Å²) >= 11 is 2.33. The molecule has 0 amide bonds. The highest BCUT2D eigenvalue weighted by atomic mass is 127. The van der Waals surface area contributed by atoms with Crippen LogP contribution in [0.2, 0.25) is 0 Å². The average molecular weight is 316 g/mol. The summed E-state index contributed by atoms with van der Waals surface area (Å²) in [6, 6.07) is 8.73. The molecule has 2 rings (SSSR count). The first-order valence-corrected chi connectivity index (χ1v) is 6.67. The van der Waals surface area contributed by atoms with E-state index in [0.717, 1.165) is 12.8 Å². The molecule has 0 bridgehead atoms. The summed E-state index contributed by atoms with van der Waals surface area (Å²) in [5, 5.41) is 9.69. The maximum Gasteiger partial charge on any atom is 0.0568 e. The van der Waals surface area contributed by atoms with Gasteiger partial charge in [0, 0.05) is 3.57 Å². The summed E-state index contributed by atoms with van der Waals surface area (Å²) in [6.45, 7) is 2.18. The SMILES string of the molecule is CC1C(O)CCC1Cc1ccc(I)cc1. The van der Waals surface area contributed by atoms with Gasteiger partial charge < -0.3 is 5.11 Å². The molecule has 1 aromatic carbocycles. The van der Waals surface area contributed by atoms with E-state index in [-0.39, 0.29) is 6.10 Å². The minimum atomic E-state index is -0.0705. The lowest BCUT2D eigenvalue weighted by molar-refractivity contribution is 0.127. The highest BCUT2D eigenvalue weighted by Crippen LogP contribution is 2.34. The zero-order valence-electron chi connectivity index (χ0n) is 8.99. The maximum atomic E-state index is 9.69. The first-order valence-electron chi connectivity index (χ1n) is 5.59. The summed E-state index contributed by atoms with van der Waals surface area (Å²) in [5.74, 6) is 1.13. The van der Waals surface area contributed by atoms with Crippen molar-refractivity contribution in [2.45, 2.75) is 32.3 Å². The molecule has 0 aromatic heterocycles. The number of halogens is 1. The van der Waals surface area contributed by atoms with Gasteiger partial charge in [-0.3, -0.25) is 0 Å². The van der Waals surface area contributed by atoms with E-state index in [1.807, 2.05) is 0 Å². The number of aliphatic hydroxyl groups is 1. The molecule has 1 N–H and O–H groups in total. The first-order chi connectivity index (χ1) is 7.16. The molecule has 0 spiro atoms. The quantitative estimate of drug-likeness (QED) is 0.831. The second kappa shape index (κ2) is 4.83. The molecule has 1 aliphatic rings. The van der Waals surface area contributed by atoms with E-state index in [1.165, 1.54) is 15.6 Å². The van der Waals surface area contributed by atoms with Crippen LogP contribution in [0, 0.1) is 15.4 Å². The van der Waals surface area contributed by atoms with Gasteiger partial charge in [0.05, 0.1) is 6.10 Å². The Labute approximate surface area is 105 Å². The summed E-state index contributed by atoms with van der Waals surface area (Å²) in [7, 11) is 0. The monoisotopic (exact) mass is 316 g/mol. The predicted molar refractivity (Wildman–Crippen MR) is 70.8 cm³/mol. The lowest BCUT2D eigenvalue weighted by atomic mass is 9.90. The third-order valence-electron chi connectivity index (χ3n) is 3.59. The molecule has 0 aliphatic heterocycles. The van der Waals surface area contributed by atoms with Crippen LogP contribution in [0.1, 0.15) is 25.3 Å².